The van der Waals surface area contributed by atoms with Crippen LogP contribution in [0.3, 0.4) is 0 Å². The monoisotopic (exact) mass is 405 g/mol. The number of hydrogen-bond donors (Lipinski definition) is 2. The van der Waals surface area contributed by atoms with Crippen LogP contribution in [-0.4, -0.2) is 10.9 Å². The average molecular weight is 405 g/mol. The Morgan fingerprint density at radius 1 is 1.11 bits per heavy atom. The van der Waals surface area contributed by atoms with E-state index in [0.29, 0.717) is 10.6 Å². The molecular formula is C20H18F3N3OS. The van der Waals surface area contributed by atoms with Crippen molar-refractivity contribution >= 4 is 38.8 Å². The van der Waals surface area contributed by atoms with Gasteiger partial charge in [-0.15, -0.1) is 11.3 Å². The molecule has 0 atom stereocenters. The van der Waals surface area contributed by atoms with Crippen LogP contribution in [0.4, 0.5) is 24.5 Å². The molecule has 1 amide bonds. The molecule has 2 aromatic heterocycles. The van der Waals surface area contributed by atoms with Crippen molar-refractivity contribution in [3.05, 3.63) is 52.0 Å². The van der Waals surface area contributed by atoms with Crippen molar-refractivity contribution in [2.75, 3.05) is 11.1 Å². The average Bonchev–Trinajstić information content (AvgIpc) is 2.82. The maximum absolute atomic E-state index is 12.7. The molecule has 146 valence electrons. The Morgan fingerprint density at radius 2 is 1.82 bits per heavy atom. The van der Waals surface area contributed by atoms with E-state index < -0.39 is 17.6 Å². The third-order valence-electron chi connectivity index (χ3n) is 4.93. The van der Waals surface area contributed by atoms with Crippen LogP contribution in [0.1, 0.15) is 45.8 Å². The van der Waals surface area contributed by atoms with Crippen LogP contribution in [0.15, 0.2) is 30.3 Å². The first-order chi connectivity index (χ1) is 13.3. The second kappa shape index (κ2) is 7.09. The Labute approximate surface area is 163 Å². The Morgan fingerprint density at radius 3 is 2.54 bits per heavy atom. The highest BCUT2D eigenvalue weighted by molar-refractivity contribution is 7.21. The number of carbonyl (C=O) groups excluding carboxylic acids is 1. The molecule has 3 aromatic rings. The molecule has 1 aliphatic rings. The molecule has 3 N–H and O–H groups in total. The standard InChI is InChI=1S/C20H18F3N3OS/c21-20(22,23)12-6-8-13(9-7-12)25-18(27)17-16(24)14-10-11-4-2-1-3-5-15(11)26-19(14)28-17/h6-10H,1-5,24H2,(H,25,27). The van der Waals surface area contributed by atoms with Crippen LogP contribution in [-0.2, 0) is 19.0 Å². The lowest BCUT2D eigenvalue weighted by Gasteiger charge is -2.08. The lowest BCUT2D eigenvalue weighted by Crippen LogP contribution is -2.12. The summed E-state index contributed by atoms with van der Waals surface area (Å²) in [6.07, 6.45) is 0.873. The molecule has 0 radical (unpaired) electrons. The largest absolute Gasteiger partial charge is 0.416 e. The summed E-state index contributed by atoms with van der Waals surface area (Å²) >= 11 is 1.21. The van der Waals surface area contributed by atoms with E-state index in [-0.39, 0.29) is 5.69 Å². The Bertz CT molecular complexity index is 1040. The highest BCUT2D eigenvalue weighted by Gasteiger charge is 2.30. The fourth-order valence-corrected chi connectivity index (χ4v) is 4.43. The molecule has 28 heavy (non-hydrogen) atoms. The van der Waals surface area contributed by atoms with Gasteiger partial charge in [-0.1, -0.05) is 6.42 Å². The number of aromatic nitrogens is 1. The van der Waals surface area contributed by atoms with Gasteiger partial charge < -0.3 is 11.1 Å². The summed E-state index contributed by atoms with van der Waals surface area (Å²) in [6.45, 7) is 0. The number of anilines is 2. The molecule has 0 saturated heterocycles. The number of benzene rings is 1. The number of rotatable bonds is 2. The molecule has 4 nitrogen and oxygen atoms in total. The minimum atomic E-state index is -4.41. The van der Waals surface area contributed by atoms with E-state index in [1.165, 1.54) is 35.5 Å². The van der Waals surface area contributed by atoms with Crippen LogP contribution >= 0.6 is 11.3 Å². The maximum Gasteiger partial charge on any atom is 0.416 e. The SMILES string of the molecule is Nc1c(C(=O)Nc2ccc(C(F)(F)F)cc2)sc2nc3c(cc12)CCCCC3. The molecule has 0 fully saturated rings. The van der Waals surface area contributed by atoms with E-state index in [9.17, 15) is 18.0 Å². The minimum absolute atomic E-state index is 0.276. The number of nitrogen functional groups attached to an aromatic ring is 1. The Kier molecular flexibility index (Phi) is 4.74. The summed E-state index contributed by atoms with van der Waals surface area (Å²) in [5.41, 5.74) is 8.34. The second-order valence-corrected chi connectivity index (χ2v) is 7.88. The van der Waals surface area contributed by atoms with Crippen LogP contribution in [0, 0.1) is 0 Å². The van der Waals surface area contributed by atoms with Gasteiger partial charge in [-0.3, -0.25) is 4.79 Å². The molecule has 0 saturated carbocycles. The normalized spacial score (nSPS) is 14.5. The zero-order valence-corrected chi connectivity index (χ0v) is 15.7. The summed E-state index contributed by atoms with van der Waals surface area (Å²) in [4.78, 5) is 18.4. The molecular weight excluding hydrogens is 387 g/mol. The predicted octanol–water partition coefficient (Wildman–Crippen LogP) is 5.42. The summed E-state index contributed by atoms with van der Waals surface area (Å²) in [7, 11) is 0. The summed E-state index contributed by atoms with van der Waals surface area (Å²) in [6, 6.07) is 6.35. The van der Waals surface area contributed by atoms with Crippen molar-refractivity contribution in [3.63, 3.8) is 0 Å². The van der Waals surface area contributed by atoms with Crippen LogP contribution in [0.2, 0.25) is 0 Å². The fraction of sp³-hybridized carbons (Fsp3) is 0.300. The summed E-state index contributed by atoms with van der Waals surface area (Å²) in [5, 5.41) is 3.38. The van der Waals surface area contributed by atoms with E-state index in [0.717, 1.165) is 53.7 Å². The number of thiophene rings is 1. The van der Waals surface area contributed by atoms with Gasteiger partial charge in [0, 0.05) is 16.8 Å². The molecule has 0 aliphatic heterocycles. The first kappa shape index (κ1) is 18.7. The van der Waals surface area contributed by atoms with Crippen molar-refractivity contribution in [3.8, 4) is 0 Å². The number of halogens is 3. The van der Waals surface area contributed by atoms with E-state index in [2.05, 4.69) is 5.32 Å². The first-order valence-electron chi connectivity index (χ1n) is 9.02. The highest BCUT2D eigenvalue weighted by Crippen LogP contribution is 2.36. The van der Waals surface area contributed by atoms with Gasteiger partial charge in [-0.25, -0.2) is 4.98 Å². The summed E-state index contributed by atoms with van der Waals surface area (Å²) < 4.78 is 38.0. The smallest absolute Gasteiger partial charge is 0.397 e. The topological polar surface area (TPSA) is 68.0 Å². The van der Waals surface area contributed by atoms with Crippen LogP contribution in [0.5, 0.6) is 0 Å². The van der Waals surface area contributed by atoms with Gasteiger partial charge in [0.2, 0.25) is 0 Å². The highest BCUT2D eigenvalue weighted by atomic mass is 32.1. The van der Waals surface area contributed by atoms with Crippen molar-refractivity contribution < 1.29 is 18.0 Å². The number of aryl methyl sites for hydroxylation is 2. The molecule has 0 bridgehead atoms. The van der Waals surface area contributed by atoms with Crippen molar-refractivity contribution in [2.45, 2.75) is 38.3 Å². The van der Waals surface area contributed by atoms with Crippen LogP contribution < -0.4 is 11.1 Å². The van der Waals surface area contributed by atoms with Gasteiger partial charge in [-0.2, -0.15) is 13.2 Å². The van der Waals surface area contributed by atoms with Crippen molar-refractivity contribution in [1.29, 1.82) is 0 Å². The number of pyridine rings is 1. The second-order valence-electron chi connectivity index (χ2n) is 6.88. The van der Waals surface area contributed by atoms with Gasteiger partial charge in [0.05, 0.1) is 11.3 Å². The predicted molar refractivity (Wildman–Crippen MR) is 105 cm³/mol. The lowest BCUT2D eigenvalue weighted by molar-refractivity contribution is -0.137. The number of alkyl halides is 3. The van der Waals surface area contributed by atoms with Crippen molar-refractivity contribution in [2.24, 2.45) is 0 Å². The van der Waals surface area contributed by atoms with E-state index >= 15 is 0 Å². The maximum atomic E-state index is 12.7. The van der Waals surface area contributed by atoms with Gasteiger partial charge in [0.25, 0.3) is 5.91 Å². The number of amides is 1. The quantitative estimate of drug-likeness (QED) is 0.560. The number of nitrogens with one attached hydrogen (secondary N) is 1. The molecule has 0 unspecified atom stereocenters. The van der Waals surface area contributed by atoms with Gasteiger partial charge >= 0.3 is 6.18 Å². The molecule has 2 heterocycles. The number of nitrogens with two attached hydrogens (primary N) is 1. The number of fused-ring (bicyclic) bond motifs is 2. The zero-order valence-electron chi connectivity index (χ0n) is 14.9. The molecule has 8 heteroatoms. The van der Waals surface area contributed by atoms with Gasteiger partial charge in [0.15, 0.2) is 0 Å². The third kappa shape index (κ3) is 3.56. The van der Waals surface area contributed by atoms with E-state index in [4.69, 9.17) is 10.7 Å². The third-order valence-corrected chi connectivity index (χ3v) is 6.04. The fourth-order valence-electron chi connectivity index (χ4n) is 3.44. The van der Waals surface area contributed by atoms with E-state index in [1.807, 2.05) is 6.07 Å². The lowest BCUT2D eigenvalue weighted by atomic mass is 10.1. The van der Waals surface area contributed by atoms with Crippen LogP contribution in [0.25, 0.3) is 10.2 Å². The zero-order chi connectivity index (χ0) is 19.9. The van der Waals surface area contributed by atoms with E-state index in [1.54, 1.807) is 0 Å². The number of hydrogen-bond acceptors (Lipinski definition) is 4. The van der Waals surface area contributed by atoms with Crippen molar-refractivity contribution in [1.82, 2.24) is 4.98 Å². The Balaban J connectivity index is 1.61. The minimum Gasteiger partial charge on any atom is -0.397 e. The number of nitrogens with zero attached hydrogens (tertiary/aromatic N) is 1. The number of carbonyl (C=O) groups is 1. The Hall–Kier alpha value is -2.61. The first-order valence-corrected chi connectivity index (χ1v) is 9.84. The molecule has 1 aromatic carbocycles. The summed E-state index contributed by atoms with van der Waals surface area (Å²) in [5.74, 6) is -0.449. The molecule has 4 rings (SSSR count). The van der Waals surface area contributed by atoms with Gasteiger partial charge in [0.1, 0.15) is 9.71 Å². The van der Waals surface area contributed by atoms with Gasteiger partial charge in [-0.05, 0) is 61.6 Å². The molecule has 0 spiro atoms. The molecule has 1 aliphatic carbocycles.